The van der Waals surface area contributed by atoms with Gasteiger partial charge in [0.15, 0.2) is 0 Å². The van der Waals surface area contributed by atoms with Gasteiger partial charge in [0, 0.05) is 31.5 Å². The average molecular weight is 263 g/mol. The predicted octanol–water partition coefficient (Wildman–Crippen LogP) is 0.532. The first-order chi connectivity index (χ1) is 9.21. The molecule has 0 amide bonds. The molecule has 0 bridgehead atoms. The highest BCUT2D eigenvalue weighted by Gasteiger charge is 2.42. The first-order valence-electron chi connectivity index (χ1n) is 6.99. The zero-order valence-electron chi connectivity index (χ0n) is 11.2. The minimum atomic E-state index is -0.144. The Morgan fingerprint density at radius 1 is 1.42 bits per heavy atom. The molecule has 1 saturated heterocycles. The van der Waals surface area contributed by atoms with Crippen LogP contribution in [-0.2, 0) is 6.42 Å². The van der Waals surface area contributed by atoms with Gasteiger partial charge in [-0.05, 0) is 18.8 Å². The average Bonchev–Trinajstić information content (AvgIpc) is 3.01. The normalized spacial score (nSPS) is 29.6. The molecule has 0 radical (unpaired) electrons. The van der Waals surface area contributed by atoms with E-state index in [0.29, 0.717) is 17.7 Å². The van der Waals surface area contributed by atoms with Crippen LogP contribution in [0.2, 0.25) is 0 Å². The Morgan fingerprint density at radius 2 is 2.26 bits per heavy atom. The Kier molecular flexibility index (Phi) is 3.28. The van der Waals surface area contributed by atoms with Crippen LogP contribution in [0.1, 0.15) is 25.6 Å². The molecule has 2 heterocycles. The van der Waals surface area contributed by atoms with Gasteiger partial charge in [-0.3, -0.25) is 0 Å². The summed E-state index contributed by atoms with van der Waals surface area (Å²) in [5.74, 6) is 8.82. The SMILES string of the molecule is CCc1nc(NN)cc(N2CC3CCC(O)C3C2)n1. The second kappa shape index (κ2) is 4.94. The summed E-state index contributed by atoms with van der Waals surface area (Å²) in [6.07, 6.45) is 2.71. The summed E-state index contributed by atoms with van der Waals surface area (Å²) in [5, 5.41) is 9.97. The van der Waals surface area contributed by atoms with E-state index in [-0.39, 0.29) is 6.10 Å². The van der Waals surface area contributed by atoms with Crippen molar-refractivity contribution in [3.63, 3.8) is 0 Å². The van der Waals surface area contributed by atoms with Crippen LogP contribution >= 0.6 is 0 Å². The molecule has 3 unspecified atom stereocenters. The minimum Gasteiger partial charge on any atom is -0.393 e. The Hall–Kier alpha value is -1.40. The molecule has 1 aromatic heterocycles. The molecule has 104 valence electrons. The summed E-state index contributed by atoms with van der Waals surface area (Å²) in [7, 11) is 0. The van der Waals surface area contributed by atoms with Crippen LogP contribution in [0.15, 0.2) is 6.07 Å². The number of fused-ring (bicyclic) bond motifs is 1. The number of rotatable bonds is 3. The number of aryl methyl sites for hydroxylation is 1. The number of hydrogen-bond donors (Lipinski definition) is 3. The van der Waals surface area contributed by atoms with Crippen LogP contribution in [-0.4, -0.2) is 34.3 Å². The molecular formula is C13H21N5O. The highest BCUT2D eigenvalue weighted by Crippen LogP contribution is 2.39. The fourth-order valence-corrected chi connectivity index (χ4v) is 3.30. The fourth-order valence-electron chi connectivity index (χ4n) is 3.30. The molecule has 0 spiro atoms. The molecule has 0 aromatic carbocycles. The van der Waals surface area contributed by atoms with E-state index in [0.717, 1.165) is 44.0 Å². The molecule has 19 heavy (non-hydrogen) atoms. The van der Waals surface area contributed by atoms with Crippen molar-refractivity contribution in [1.82, 2.24) is 9.97 Å². The monoisotopic (exact) mass is 263 g/mol. The fraction of sp³-hybridized carbons (Fsp3) is 0.692. The second-order valence-electron chi connectivity index (χ2n) is 5.50. The molecule has 6 nitrogen and oxygen atoms in total. The quantitative estimate of drug-likeness (QED) is 0.545. The number of nitrogens with zero attached hydrogens (tertiary/aromatic N) is 3. The van der Waals surface area contributed by atoms with Crippen LogP contribution < -0.4 is 16.2 Å². The lowest BCUT2D eigenvalue weighted by Gasteiger charge is -2.20. The van der Waals surface area contributed by atoms with E-state index in [1.165, 1.54) is 0 Å². The first kappa shape index (κ1) is 12.6. The Bertz CT molecular complexity index is 444. The molecule has 1 aliphatic carbocycles. The Balaban J connectivity index is 1.83. The van der Waals surface area contributed by atoms with Crippen molar-refractivity contribution in [2.24, 2.45) is 17.7 Å². The maximum absolute atomic E-state index is 9.97. The van der Waals surface area contributed by atoms with Gasteiger partial charge in [-0.2, -0.15) is 0 Å². The number of aliphatic hydroxyl groups is 1. The van der Waals surface area contributed by atoms with E-state index >= 15 is 0 Å². The van der Waals surface area contributed by atoms with Gasteiger partial charge in [0.05, 0.1) is 6.10 Å². The van der Waals surface area contributed by atoms with Crippen molar-refractivity contribution in [2.75, 3.05) is 23.4 Å². The van der Waals surface area contributed by atoms with Crippen molar-refractivity contribution in [1.29, 1.82) is 0 Å². The van der Waals surface area contributed by atoms with Crippen LogP contribution in [0.4, 0.5) is 11.6 Å². The number of aliphatic hydroxyl groups excluding tert-OH is 1. The Morgan fingerprint density at radius 3 is 2.95 bits per heavy atom. The highest BCUT2D eigenvalue weighted by atomic mass is 16.3. The van der Waals surface area contributed by atoms with Gasteiger partial charge >= 0.3 is 0 Å². The van der Waals surface area contributed by atoms with Crippen LogP contribution in [0.25, 0.3) is 0 Å². The molecule has 2 fully saturated rings. The van der Waals surface area contributed by atoms with Crippen molar-refractivity contribution in [2.45, 2.75) is 32.3 Å². The molecule has 1 aromatic rings. The van der Waals surface area contributed by atoms with E-state index in [2.05, 4.69) is 20.3 Å². The van der Waals surface area contributed by atoms with Gasteiger partial charge in [-0.25, -0.2) is 15.8 Å². The third-order valence-corrected chi connectivity index (χ3v) is 4.37. The maximum Gasteiger partial charge on any atom is 0.145 e. The maximum atomic E-state index is 9.97. The van der Waals surface area contributed by atoms with Crippen molar-refractivity contribution < 1.29 is 5.11 Å². The summed E-state index contributed by atoms with van der Waals surface area (Å²) < 4.78 is 0. The standard InChI is InChI=1S/C13H21N5O/c1-2-11-15-12(17-14)5-13(16-11)18-6-8-3-4-10(19)9(8)7-18/h5,8-10,19H,2-4,6-7,14H2,1H3,(H,15,16,17). The zero-order valence-corrected chi connectivity index (χ0v) is 11.2. The molecule has 6 heteroatoms. The summed E-state index contributed by atoms with van der Waals surface area (Å²) >= 11 is 0. The van der Waals surface area contributed by atoms with Gasteiger partial charge in [-0.1, -0.05) is 6.92 Å². The van der Waals surface area contributed by atoms with Crippen molar-refractivity contribution in [3.8, 4) is 0 Å². The lowest BCUT2D eigenvalue weighted by molar-refractivity contribution is 0.133. The van der Waals surface area contributed by atoms with E-state index in [1.807, 2.05) is 13.0 Å². The number of hydrazine groups is 1. The smallest absolute Gasteiger partial charge is 0.145 e. The van der Waals surface area contributed by atoms with E-state index < -0.39 is 0 Å². The molecular weight excluding hydrogens is 242 g/mol. The number of nitrogen functional groups attached to an aromatic ring is 1. The van der Waals surface area contributed by atoms with Crippen molar-refractivity contribution >= 4 is 11.6 Å². The molecule has 1 aliphatic heterocycles. The largest absolute Gasteiger partial charge is 0.393 e. The minimum absolute atomic E-state index is 0.144. The lowest BCUT2D eigenvalue weighted by Crippen LogP contribution is -2.26. The third kappa shape index (κ3) is 2.26. The van der Waals surface area contributed by atoms with Crippen LogP contribution in [0, 0.1) is 11.8 Å². The number of anilines is 2. The molecule has 3 rings (SSSR count). The molecule has 1 saturated carbocycles. The highest BCUT2D eigenvalue weighted by molar-refractivity contribution is 5.50. The van der Waals surface area contributed by atoms with Crippen LogP contribution in [0.3, 0.4) is 0 Å². The van der Waals surface area contributed by atoms with Gasteiger partial charge in [-0.15, -0.1) is 0 Å². The van der Waals surface area contributed by atoms with Gasteiger partial charge < -0.3 is 15.4 Å². The number of nitrogens with two attached hydrogens (primary N) is 1. The van der Waals surface area contributed by atoms with E-state index in [4.69, 9.17) is 5.84 Å². The number of nitrogens with one attached hydrogen (secondary N) is 1. The molecule has 3 atom stereocenters. The summed E-state index contributed by atoms with van der Waals surface area (Å²) in [6, 6.07) is 1.88. The third-order valence-electron chi connectivity index (χ3n) is 4.37. The number of aromatic nitrogens is 2. The molecule has 2 aliphatic rings. The summed E-state index contributed by atoms with van der Waals surface area (Å²) in [4.78, 5) is 11.1. The lowest BCUT2D eigenvalue weighted by atomic mass is 10.00. The summed E-state index contributed by atoms with van der Waals surface area (Å²) in [5.41, 5.74) is 2.60. The number of hydrogen-bond acceptors (Lipinski definition) is 6. The van der Waals surface area contributed by atoms with E-state index in [9.17, 15) is 5.11 Å². The van der Waals surface area contributed by atoms with Crippen LogP contribution in [0.5, 0.6) is 0 Å². The summed E-state index contributed by atoms with van der Waals surface area (Å²) in [6.45, 7) is 3.89. The predicted molar refractivity (Wildman–Crippen MR) is 73.7 cm³/mol. The van der Waals surface area contributed by atoms with Gasteiger partial charge in [0.25, 0.3) is 0 Å². The van der Waals surface area contributed by atoms with Gasteiger partial charge in [0.2, 0.25) is 0 Å². The van der Waals surface area contributed by atoms with E-state index in [1.54, 1.807) is 0 Å². The second-order valence-corrected chi connectivity index (χ2v) is 5.50. The zero-order chi connectivity index (χ0) is 13.4. The molecule has 4 N–H and O–H groups in total. The topological polar surface area (TPSA) is 87.3 Å². The van der Waals surface area contributed by atoms with Crippen molar-refractivity contribution in [3.05, 3.63) is 11.9 Å². The first-order valence-corrected chi connectivity index (χ1v) is 6.99. The van der Waals surface area contributed by atoms with Gasteiger partial charge in [0.1, 0.15) is 17.5 Å². The Labute approximate surface area is 113 Å².